The summed E-state index contributed by atoms with van der Waals surface area (Å²) in [5.74, 6) is 0.634. The van der Waals surface area contributed by atoms with Gasteiger partial charge in [-0.05, 0) is 55.4 Å². The fourth-order valence-corrected chi connectivity index (χ4v) is 4.33. The van der Waals surface area contributed by atoms with E-state index in [1.54, 1.807) is 6.20 Å². The van der Waals surface area contributed by atoms with E-state index >= 15 is 0 Å². The Labute approximate surface area is 172 Å². The lowest BCUT2D eigenvalue weighted by molar-refractivity contribution is 0.102. The highest BCUT2D eigenvalue weighted by Crippen LogP contribution is 2.26. The Bertz CT molecular complexity index is 1030. The van der Waals surface area contributed by atoms with Crippen molar-refractivity contribution in [1.82, 2.24) is 4.98 Å². The molecular formula is C26H28N2O. The predicted octanol–water partition coefficient (Wildman–Crippen LogP) is 6.47. The van der Waals surface area contributed by atoms with Gasteiger partial charge < -0.3 is 5.32 Å². The van der Waals surface area contributed by atoms with E-state index in [-0.39, 0.29) is 5.91 Å². The third kappa shape index (κ3) is 4.56. The monoisotopic (exact) mass is 384 g/mol. The second-order valence-electron chi connectivity index (χ2n) is 7.97. The Morgan fingerprint density at radius 3 is 2.72 bits per heavy atom. The first kappa shape index (κ1) is 19.4. The van der Waals surface area contributed by atoms with Crippen molar-refractivity contribution in [2.45, 2.75) is 45.4 Å². The van der Waals surface area contributed by atoms with Gasteiger partial charge in [0.2, 0.25) is 0 Å². The highest BCUT2D eigenvalue weighted by molar-refractivity contribution is 6.09. The summed E-state index contributed by atoms with van der Waals surface area (Å²) in [7, 11) is 0. The number of nitrogens with one attached hydrogen (secondary N) is 1. The first-order valence-electron chi connectivity index (χ1n) is 10.6. The van der Waals surface area contributed by atoms with Crippen molar-refractivity contribution in [3.63, 3.8) is 0 Å². The summed E-state index contributed by atoms with van der Waals surface area (Å²) in [4.78, 5) is 17.6. The Morgan fingerprint density at radius 1 is 1.07 bits per heavy atom. The molecule has 1 aromatic heterocycles. The molecule has 0 saturated heterocycles. The van der Waals surface area contributed by atoms with E-state index in [0.717, 1.165) is 39.7 Å². The number of fused-ring (bicyclic) bond motifs is 1. The molecule has 0 aliphatic heterocycles. The molecule has 1 saturated carbocycles. The molecular weight excluding hydrogens is 356 g/mol. The average Bonchev–Trinajstić information content (AvgIpc) is 2.75. The number of aromatic nitrogens is 1. The lowest BCUT2D eigenvalue weighted by Gasteiger charge is -2.18. The number of anilines is 1. The van der Waals surface area contributed by atoms with E-state index in [4.69, 9.17) is 0 Å². The van der Waals surface area contributed by atoms with Crippen LogP contribution in [0.25, 0.3) is 10.9 Å². The van der Waals surface area contributed by atoms with Gasteiger partial charge in [0.15, 0.2) is 0 Å². The van der Waals surface area contributed by atoms with Crippen molar-refractivity contribution < 1.29 is 4.79 Å². The van der Waals surface area contributed by atoms with Crippen LogP contribution in [0.2, 0.25) is 0 Å². The predicted molar refractivity (Wildman–Crippen MR) is 120 cm³/mol. The maximum Gasteiger partial charge on any atom is 0.256 e. The molecule has 1 amide bonds. The summed E-state index contributed by atoms with van der Waals surface area (Å²) < 4.78 is 0. The van der Waals surface area contributed by atoms with Crippen molar-refractivity contribution >= 4 is 22.5 Å². The topological polar surface area (TPSA) is 42.0 Å². The Hall–Kier alpha value is -2.94. The second-order valence-corrected chi connectivity index (χ2v) is 7.97. The highest BCUT2D eigenvalue weighted by atomic mass is 16.1. The van der Waals surface area contributed by atoms with Gasteiger partial charge in [-0.1, -0.05) is 67.8 Å². The second kappa shape index (κ2) is 9.04. The standard InChI is InChI=1S/C26H28N2O/c1-19-9-5-13-21(14-6-12-20-10-3-2-4-11-20)24(19)26(29)28-23-17-7-15-22-16-8-18-27-25(22)23/h5-9,12-13,15-18,20H,2-4,10-11,14H2,1H3,(H,28,29)/b12-6+. The number of rotatable bonds is 5. The highest BCUT2D eigenvalue weighted by Gasteiger charge is 2.16. The molecule has 1 N–H and O–H groups in total. The van der Waals surface area contributed by atoms with Crippen LogP contribution in [0, 0.1) is 12.8 Å². The third-order valence-electron chi connectivity index (χ3n) is 5.86. The molecule has 29 heavy (non-hydrogen) atoms. The Morgan fingerprint density at radius 2 is 1.86 bits per heavy atom. The molecule has 0 spiro atoms. The molecule has 3 nitrogen and oxygen atoms in total. The molecule has 1 aliphatic rings. The van der Waals surface area contributed by atoms with Crippen LogP contribution in [-0.4, -0.2) is 10.9 Å². The summed E-state index contributed by atoms with van der Waals surface area (Å²) in [6.45, 7) is 2.00. The minimum atomic E-state index is -0.0673. The van der Waals surface area contributed by atoms with Gasteiger partial charge in [0.25, 0.3) is 5.91 Å². The van der Waals surface area contributed by atoms with Gasteiger partial charge in [-0.3, -0.25) is 9.78 Å². The summed E-state index contributed by atoms with van der Waals surface area (Å²) in [5.41, 5.74) is 4.41. The van der Waals surface area contributed by atoms with E-state index < -0.39 is 0 Å². The van der Waals surface area contributed by atoms with E-state index in [0.29, 0.717) is 5.92 Å². The minimum absolute atomic E-state index is 0.0673. The number of allylic oxidation sites excluding steroid dienone is 2. The molecule has 0 bridgehead atoms. The fraction of sp³-hybridized carbons (Fsp3) is 0.308. The molecule has 1 aliphatic carbocycles. The van der Waals surface area contributed by atoms with Crippen LogP contribution in [0.4, 0.5) is 5.69 Å². The normalized spacial score (nSPS) is 15.1. The summed E-state index contributed by atoms with van der Waals surface area (Å²) in [6.07, 6.45) is 13.8. The van der Waals surface area contributed by atoms with Crippen LogP contribution in [0.1, 0.15) is 53.6 Å². The van der Waals surface area contributed by atoms with Gasteiger partial charge in [0.1, 0.15) is 0 Å². The zero-order chi connectivity index (χ0) is 20.1. The number of carbonyl (C=O) groups excluding carboxylic acids is 1. The number of hydrogen-bond donors (Lipinski definition) is 1. The SMILES string of the molecule is Cc1cccc(C/C=C/C2CCCCC2)c1C(=O)Nc1cccc2cccnc12. The average molecular weight is 385 g/mol. The molecule has 3 aromatic rings. The fourth-order valence-electron chi connectivity index (χ4n) is 4.33. The van der Waals surface area contributed by atoms with Crippen molar-refractivity contribution in [2.24, 2.45) is 5.92 Å². The summed E-state index contributed by atoms with van der Waals surface area (Å²) >= 11 is 0. The molecule has 4 rings (SSSR count). The Balaban J connectivity index is 1.55. The molecule has 0 radical (unpaired) electrons. The molecule has 3 heteroatoms. The zero-order valence-electron chi connectivity index (χ0n) is 17.0. The number of nitrogens with zero attached hydrogens (tertiary/aromatic N) is 1. The number of para-hydroxylation sites is 1. The van der Waals surface area contributed by atoms with Crippen molar-refractivity contribution in [2.75, 3.05) is 5.32 Å². The van der Waals surface area contributed by atoms with Crippen molar-refractivity contribution in [1.29, 1.82) is 0 Å². The van der Waals surface area contributed by atoms with Crippen LogP contribution in [0.15, 0.2) is 66.9 Å². The van der Waals surface area contributed by atoms with E-state index in [9.17, 15) is 4.79 Å². The quantitative estimate of drug-likeness (QED) is 0.512. The molecule has 0 unspecified atom stereocenters. The number of carbonyl (C=O) groups is 1. The zero-order valence-corrected chi connectivity index (χ0v) is 17.0. The van der Waals surface area contributed by atoms with Gasteiger partial charge >= 0.3 is 0 Å². The number of aryl methyl sites for hydroxylation is 1. The molecule has 1 heterocycles. The minimum Gasteiger partial charge on any atom is -0.320 e. The van der Waals surface area contributed by atoms with Gasteiger partial charge in [0, 0.05) is 17.1 Å². The molecule has 2 aromatic carbocycles. The maximum atomic E-state index is 13.2. The van der Waals surface area contributed by atoms with Gasteiger partial charge in [-0.15, -0.1) is 0 Å². The molecule has 148 valence electrons. The van der Waals surface area contributed by atoms with Crippen LogP contribution in [0.3, 0.4) is 0 Å². The number of benzene rings is 2. The number of pyridine rings is 1. The van der Waals surface area contributed by atoms with Gasteiger partial charge in [-0.2, -0.15) is 0 Å². The lowest BCUT2D eigenvalue weighted by Crippen LogP contribution is -2.16. The smallest absolute Gasteiger partial charge is 0.256 e. The number of amides is 1. The third-order valence-corrected chi connectivity index (χ3v) is 5.86. The van der Waals surface area contributed by atoms with Crippen LogP contribution >= 0.6 is 0 Å². The van der Waals surface area contributed by atoms with E-state index in [1.807, 2.05) is 49.4 Å². The first-order valence-corrected chi connectivity index (χ1v) is 10.6. The van der Waals surface area contributed by atoms with Crippen LogP contribution in [-0.2, 0) is 6.42 Å². The number of hydrogen-bond acceptors (Lipinski definition) is 2. The van der Waals surface area contributed by atoms with E-state index in [2.05, 4.69) is 28.5 Å². The van der Waals surface area contributed by atoms with E-state index in [1.165, 1.54) is 32.1 Å². The lowest BCUT2D eigenvalue weighted by atomic mass is 9.88. The van der Waals surface area contributed by atoms with Gasteiger partial charge in [0.05, 0.1) is 11.2 Å². The molecule has 0 atom stereocenters. The summed E-state index contributed by atoms with van der Waals surface area (Å²) in [6, 6.07) is 15.9. The van der Waals surface area contributed by atoms with Crippen molar-refractivity contribution in [3.8, 4) is 0 Å². The molecule has 1 fully saturated rings. The summed E-state index contributed by atoms with van der Waals surface area (Å²) in [5, 5.41) is 4.12. The van der Waals surface area contributed by atoms with Crippen LogP contribution in [0.5, 0.6) is 0 Å². The largest absolute Gasteiger partial charge is 0.320 e. The van der Waals surface area contributed by atoms with Crippen LogP contribution < -0.4 is 5.32 Å². The van der Waals surface area contributed by atoms with Crippen molar-refractivity contribution in [3.05, 3.63) is 83.6 Å². The first-order chi connectivity index (χ1) is 14.2. The Kier molecular flexibility index (Phi) is 6.04. The van der Waals surface area contributed by atoms with Gasteiger partial charge in [-0.25, -0.2) is 0 Å². The maximum absolute atomic E-state index is 13.2.